The third-order valence-corrected chi connectivity index (χ3v) is 6.99. The SMILES string of the molecule is Cl.NC[C@]1(c2cccc(Cl)c2)CC[C@@H](N(CCc2ccccc2)C(=O)c2ccnnc2)CC1. The van der Waals surface area contributed by atoms with Gasteiger partial charge in [-0.05, 0) is 61.4 Å². The first kappa shape index (κ1) is 25.2. The van der Waals surface area contributed by atoms with Gasteiger partial charge in [0.25, 0.3) is 5.91 Å². The molecule has 0 spiro atoms. The molecule has 1 aliphatic rings. The Morgan fingerprint density at radius 2 is 1.82 bits per heavy atom. The predicted octanol–water partition coefficient (Wildman–Crippen LogP) is 5.08. The number of hydrogen-bond donors (Lipinski definition) is 1. The maximum absolute atomic E-state index is 13.4. The Kier molecular flexibility index (Phi) is 8.84. The number of rotatable bonds is 7. The summed E-state index contributed by atoms with van der Waals surface area (Å²) in [5.41, 5.74) is 9.21. The number of amides is 1. The van der Waals surface area contributed by atoms with Crippen molar-refractivity contribution in [1.29, 1.82) is 0 Å². The molecule has 174 valence electrons. The van der Waals surface area contributed by atoms with Crippen molar-refractivity contribution in [2.45, 2.75) is 43.6 Å². The molecule has 0 radical (unpaired) electrons. The van der Waals surface area contributed by atoms with E-state index >= 15 is 0 Å². The van der Waals surface area contributed by atoms with Crippen LogP contribution in [-0.4, -0.2) is 40.1 Å². The van der Waals surface area contributed by atoms with Gasteiger partial charge < -0.3 is 10.6 Å². The number of halogens is 2. The molecule has 2 aromatic carbocycles. The fourth-order valence-electron chi connectivity index (χ4n) is 4.82. The van der Waals surface area contributed by atoms with Gasteiger partial charge >= 0.3 is 0 Å². The fourth-order valence-corrected chi connectivity index (χ4v) is 5.01. The number of carbonyl (C=O) groups is 1. The number of carbonyl (C=O) groups excluding carboxylic acids is 1. The fraction of sp³-hybridized carbons (Fsp3) is 0.346. The second kappa shape index (κ2) is 11.6. The molecule has 0 saturated heterocycles. The average molecular weight is 485 g/mol. The summed E-state index contributed by atoms with van der Waals surface area (Å²) in [7, 11) is 0. The molecule has 1 amide bonds. The molecule has 5 nitrogen and oxygen atoms in total. The van der Waals surface area contributed by atoms with Crippen molar-refractivity contribution in [2.75, 3.05) is 13.1 Å². The first-order chi connectivity index (χ1) is 15.6. The second-order valence-corrected chi connectivity index (χ2v) is 9.03. The van der Waals surface area contributed by atoms with Crippen molar-refractivity contribution in [1.82, 2.24) is 15.1 Å². The molecular weight excluding hydrogens is 455 g/mol. The Bertz CT molecular complexity index is 1020. The van der Waals surface area contributed by atoms with Gasteiger partial charge in [-0.15, -0.1) is 12.4 Å². The van der Waals surface area contributed by atoms with Gasteiger partial charge in [0.2, 0.25) is 0 Å². The first-order valence-corrected chi connectivity index (χ1v) is 11.6. The maximum Gasteiger partial charge on any atom is 0.255 e. The van der Waals surface area contributed by atoms with E-state index in [1.54, 1.807) is 18.5 Å². The van der Waals surface area contributed by atoms with E-state index in [-0.39, 0.29) is 29.8 Å². The quantitative estimate of drug-likeness (QED) is 0.507. The number of benzene rings is 2. The molecule has 0 bridgehead atoms. The van der Waals surface area contributed by atoms with E-state index in [1.807, 2.05) is 41.3 Å². The van der Waals surface area contributed by atoms with Gasteiger partial charge in [0.05, 0.1) is 18.0 Å². The second-order valence-electron chi connectivity index (χ2n) is 8.59. The molecule has 3 aromatic rings. The molecule has 1 saturated carbocycles. The Morgan fingerprint density at radius 1 is 1.06 bits per heavy atom. The van der Waals surface area contributed by atoms with E-state index < -0.39 is 0 Å². The van der Waals surface area contributed by atoms with Crippen LogP contribution in [0, 0.1) is 0 Å². The zero-order chi connectivity index (χ0) is 22.4. The zero-order valence-electron chi connectivity index (χ0n) is 18.6. The Morgan fingerprint density at radius 3 is 2.45 bits per heavy atom. The van der Waals surface area contributed by atoms with Crippen molar-refractivity contribution in [3.63, 3.8) is 0 Å². The number of aromatic nitrogens is 2. The molecule has 1 aliphatic carbocycles. The highest BCUT2D eigenvalue weighted by Crippen LogP contribution is 2.41. The van der Waals surface area contributed by atoms with Crippen LogP contribution < -0.4 is 5.73 Å². The summed E-state index contributed by atoms with van der Waals surface area (Å²) >= 11 is 6.27. The Hall–Kier alpha value is -2.47. The van der Waals surface area contributed by atoms with Crippen LogP contribution in [0.1, 0.15) is 47.2 Å². The standard InChI is InChI=1S/C26H29ClN4O.ClH/c27-23-8-4-7-22(17-23)26(19-28)13-9-24(10-14-26)31(16-12-20-5-2-1-3-6-20)25(32)21-11-15-29-30-18-21;/h1-8,11,15,17-18,24H,9-10,12-14,16,19,28H2;1H/t24-,26+;. The van der Waals surface area contributed by atoms with Gasteiger partial charge in [0.1, 0.15) is 0 Å². The molecule has 7 heteroatoms. The molecule has 0 atom stereocenters. The summed E-state index contributed by atoms with van der Waals surface area (Å²) in [6.07, 6.45) is 7.61. The number of nitrogens with zero attached hydrogens (tertiary/aromatic N) is 3. The molecule has 1 fully saturated rings. The topological polar surface area (TPSA) is 72.1 Å². The van der Waals surface area contributed by atoms with E-state index in [9.17, 15) is 4.79 Å². The van der Waals surface area contributed by atoms with Crippen molar-refractivity contribution in [3.8, 4) is 0 Å². The van der Waals surface area contributed by atoms with Gasteiger partial charge in [-0.25, -0.2) is 0 Å². The molecule has 1 aromatic heterocycles. The van der Waals surface area contributed by atoms with Crippen LogP contribution in [0.5, 0.6) is 0 Å². The summed E-state index contributed by atoms with van der Waals surface area (Å²) in [4.78, 5) is 15.5. The highest BCUT2D eigenvalue weighted by molar-refractivity contribution is 6.30. The lowest BCUT2D eigenvalue weighted by Gasteiger charge is -2.43. The van der Waals surface area contributed by atoms with E-state index in [0.29, 0.717) is 18.7 Å². The minimum atomic E-state index is -0.0895. The lowest BCUT2D eigenvalue weighted by Crippen LogP contribution is -2.48. The van der Waals surface area contributed by atoms with E-state index in [0.717, 1.165) is 37.1 Å². The molecule has 0 aliphatic heterocycles. The first-order valence-electron chi connectivity index (χ1n) is 11.2. The third-order valence-electron chi connectivity index (χ3n) is 6.76. The van der Waals surface area contributed by atoms with Crippen molar-refractivity contribution >= 4 is 29.9 Å². The monoisotopic (exact) mass is 484 g/mol. The zero-order valence-corrected chi connectivity index (χ0v) is 20.1. The summed E-state index contributed by atoms with van der Waals surface area (Å²) in [6, 6.07) is 20.3. The largest absolute Gasteiger partial charge is 0.335 e. The molecule has 2 N–H and O–H groups in total. The Labute approximate surface area is 206 Å². The number of nitrogens with two attached hydrogens (primary N) is 1. The molecule has 0 unspecified atom stereocenters. The van der Waals surface area contributed by atoms with Crippen LogP contribution in [0.15, 0.2) is 73.1 Å². The lowest BCUT2D eigenvalue weighted by atomic mass is 9.68. The van der Waals surface area contributed by atoms with Crippen LogP contribution in [-0.2, 0) is 11.8 Å². The van der Waals surface area contributed by atoms with Crippen LogP contribution in [0.25, 0.3) is 0 Å². The Balaban J connectivity index is 0.00000306. The van der Waals surface area contributed by atoms with E-state index in [4.69, 9.17) is 17.3 Å². The van der Waals surface area contributed by atoms with Crippen LogP contribution >= 0.6 is 24.0 Å². The van der Waals surface area contributed by atoms with Crippen LogP contribution in [0.2, 0.25) is 5.02 Å². The lowest BCUT2D eigenvalue weighted by molar-refractivity contribution is 0.0597. The normalized spacial score (nSPS) is 20.0. The molecule has 33 heavy (non-hydrogen) atoms. The van der Waals surface area contributed by atoms with Crippen molar-refractivity contribution in [3.05, 3.63) is 94.8 Å². The maximum atomic E-state index is 13.4. The van der Waals surface area contributed by atoms with Gasteiger partial charge in [-0.3, -0.25) is 4.79 Å². The molecular formula is C26H30Cl2N4O. The van der Waals surface area contributed by atoms with Crippen molar-refractivity contribution in [2.24, 2.45) is 5.73 Å². The average Bonchev–Trinajstić information content (AvgIpc) is 2.85. The number of hydrogen-bond acceptors (Lipinski definition) is 4. The highest BCUT2D eigenvalue weighted by Gasteiger charge is 2.38. The highest BCUT2D eigenvalue weighted by atomic mass is 35.5. The summed E-state index contributed by atoms with van der Waals surface area (Å²) in [5, 5.41) is 8.47. The predicted molar refractivity (Wildman–Crippen MR) is 135 cm³/mol. The van der Waals surface area contributed by atoms with Gasteiger partial charge in [0, 0.05) is 29.6 Å². The van der Waals surface area contributed by atoms with Gasteiger partial charge in [0.15, 0.2) is 0 Å². The summed E-state index contributed by atoms with van der Waals surface area (Å²) in [5.74, 6) is 0.0174. The minimum absolute atomic E-state index is 0. The molecule has 4 rings (SSSR count). The van der Waals surface area contributed by atoms with Gasteiger partial charge in [-0.1, -0.05) is 54.1 Å². The molecule has 1 heterocycles. The third kappa shape index (κ3) is 5.91. The van der Waals surface area contributed by atoms with E-state index in [1.165, 1.54) is 11.1 Å². The summed E-state index contributed by atoms with van der Waals surface area (Å²) < 4.78 is 0. The minimum Gasteiger partial charge on any atom is -0.335 e. The van der Waals surface area contributed by atoms with Gasteiger partial charge in [-0.2, -0.15) is 10.2 Å². The van der Waals surface area contributed by atoms with E-state index in [2.05, 4.69) is 28.4 Å². The smallest absolute Gasteiger partial charge is 0.255 e. The van der Waals surface area contributed by atoms with Crippen molar-refractivity contribution < 1.29 is 4.79 Å². The summed E-state index contributed by atoms with van der Waals surface area (Å²) in [6.45, 7) is 1.24. The van der Waals surface area contributed by atoms with Crippen LogP contribution in [0.4, 0.5) is 0 Å². The van der Waals surface area contributed by atoms with Crippen LogP contribution in [0.3, 0.4) is 0 Å².